The van der Waals surface area contributed by atoms with E-state index in [1.54, 1.807) is 11.3 Å². The summed E-state index contributed by atoms with van der Waals surface area (Å²) in [5.74, 6) is 2.15. The van der Waals surface area contributed by atoms with Gasteiger partial charge in [-0.1, -0.05) is 6.07 Å². The minimum absolute atomic E-state index is 0.117. The van der Waals surface area contributed by atoms with Gasteiger partial charge in [-0.25, -0.2) is 0 Å². The fraction of sp³-hybridized carbons (Fsp3) is 0.632. The Hall–Kier alpha value is -1.73. The molecule has 0 aliphatic carbocycles. The molecule has 2 aromatic heterocycles. The highest BCUT2D eigenvalue weighted by Crippen LogP contribution is 2.30. The average Bonchev–Trinajstić information content (AvgIpc) is 3.43. The summed E-state index contributed by atoms with van der Waals surface area (Å²) in [7, 11) is 0. The smallest absolute Gasteiger partial charge is 0.257 e. The molecule has 2 aliphatic heterocycles. The molecule has 0 spiro atoms. The van der Waals surface area contributed by atoms with Crippen molar-refractivity contribution in [1.82, 2.24) is 20.0 Å². The molecule has 1 amide bonds. The largest absolute Gasteiger partial charge is 0.418 e. The normalized spacial score (nSPS) is 20.6. The Morgan fingerprint density at radius 3 is 2.73 bits per heavy atom. The number of carbonyl (C=O) groups excluding carboxylic acids is 1. The number of hydrogen-bond acceptors (Lipinski definition) is 6. The maximum Gasteiger partial charge on any atom is 0.257 e. The highest BCUT2D eigenvalue weighted by molar-refractivity contribution is 7.13. The van der Waals surface area contributed by atoms with Gasteiger partial charge in [0.25, 0.3) is 5.89 Å². The second kappa shape index (κ2) is 7.88. The van der Waals surface area contributed by atoms with Crippen LogP contribution < -0.4 is 0 Å². The summed E-state index contributed by atoms with van der Waals surface area (Å²) in [6, 6.07) is 4.10. The Kier molecular flexibility index (Phi) is 5.36. The van der Waals surface area contributed by atoms with Gasteiger partial charge in [0.05, 0.1) is 10.9 Å². The van der Waals surface area contributed by atoms with E-state index < -0.39 is 0 Å². The van der Waals surface area contributed by atoms with Crippen LogP contribution in [-0.4, -0.2) is 52.1 Å². The molecule has 2 aromatic rings. The van der Waals surface area contributed by atoms with Gasteiger partial charge in [-0.05, 0) is 63.1 Å². The Morgan fingerprint density at radius 2 is 2.04 bits per heavy atom. The maximum atomic E-state index is 12.3. The van der Waals surface area contributed by atoms with Crippen molar-refractivity contribution < 1.29 is 9.21 Å². The molecule has 140 valence electrons. The van der Waals surface area contributed by atoms with Crippen molar-refractivity contribution in [2.75, 3.05) is 26.2 Å². The highest BCUT2D eigenvalue weighted by Gasteiger charge is 2.29. The maximum absolute atomic E-state index is 12.3. The number of carbonyl (C=O) groups is 1. The molecule has 2 aliphatic rings. The average molecular weight is 375 g/mol. The summed E-state index contributed by atoms with van der Waals surface area (Å²) in [6.07, 6.45) is 5.18. The van der Waals surface area contributed by atoms with E-state index in [-0.39, 0.29) is 6.04 Å². The minimum atomic E-state index is 0.117. The minimum Gasteiger partial charge on any atom is -0.418 e. The lowest BCUT2D eigenvalue weighted by Gasteiger charge is -2.34. The predicted octanol–water partition coefficient (Wildman–Crippen LogP) is 3.58. The zero-order chi connectivity index (χ0) is 17.9. The number of hydrogen-bond donors (Lipinski definition) is 0. The van der Waals surface area contributed by atoms with E-state index in [2.05, 4.69) is 22.0 Å². The van der Waals surface area contributed by atoms with Gasteiger partial charge in [0.2, 0.25) is 11.8 Å². The van der Waals surface area contributed by atoms with Gasteiger partial charge < -0.3 is 9.32 Å². The zero-order valence-corrected chi connectivity index (χ0v) is 16.1. The summed E-state index contributed by atoms with van der Waals surface area (Å²) < 4.78 is 5.89. The van der Waals surface area contributed by atoms with Crippen molar-refractivity contribution in [3.63, 3.8) is 0 Å². The molecular weight excluding hydrogens is 348 g/mol. The van der Waals surface area contributed by atoms with E-state index in [0.29, 0.717) is 30.0 Å². The van der Waals surface area contributed by atoms with Gasteiger partial charge in [0, 0.05) is 19.5 Å². The van der Waals surface area contributed by atoms with Crippen LogP contribution in [0.3, 0.4) is 0 Å². The van der Waals surface area contributed by atoms with E-state index in [1.807, 2.05) is 22.4 Å². The predicted molar refractivity (Wildman–Crippen MR) is 101 cm³/mol. The number of likely N-dealkylation sites (tertiary alicyclic amines) is 2. The lowest BCUT2D eigenvalue weighted by molar-refractivity contribution is -0.131. The van der Waals surface area contributed by atoms with Crippen LogP contribution in [0.1, 0.15) is 51.0 Å². The fourth-order valence-corrected chi connectivity index (χ4v) is 4.59. The van der Waals surface area contributed by atoms with Crippen LogP contribution in [0, 0.1) is 5.92 Å². The Balaban J connectivity index is 1.29. The van der Waals surface area contributed by atoms with Gasteiger partial charge in [-0.3, -0.25) is 9.69 Å². The van der Waals surface area contributed by atoms with E-state index in [4.69, 9.17) is 4.42 Å². The van der Waals surface area contributed by atoms with Gasteiger partial charge in [-0.15, -0.1) is 21.5 Å². The van der Waals surface area contributed by atoms with Crippen molar-refractivity contribution in [2.45, 2.75) is 45.1 Å². The third kappa shape index (κ3) is 3.83. The molecule has 0 saturated carbocycles. The van der Waals surface area contributed by atoms with Crippen LogP contribution >= 0.6 is 11.3 Å². The standard InChI is InChI=1S/C19H26N4O2S/c1-14(18-20-21-19(25-18)16-5-4-12-26-16)22-10-6-15(7-11-22)13-17(24)23-8-2-3-9-23/h4-5,12,14-15H,2-3,6-11,13H2,1H3. The number of rotatable bonds is 5. The summed E-state index contributed by atoms with van der Waals surface area (Å²) in [5, 5.41) is 10.5. The molecule has 7 heteroatoms. The van der Waals surface area contributed by atoms with E-state index in [1.165, 1.54) is 12.8 Å². The van der Waals surface area contributed by atoms with Crippen molar-refractivity contribution in [2.24, 2.45) is 5.92 Å². The summed E-state index contributed by atoms with van der Waals surface area (Å²) in [6.45, 7) is 6.00. The van der Waals surface area contributed by atoms with Crippen LogP contribution in [0.25, 0.3) is 10.8 Å². The zero-order valence-electron chi connectivity index (χ0n) is 15.3. The molecule has 6 nitrogen and oxygen atoms in total. The van der Waals surface area contributed by atoms with Crippen molar-refractivity contribution in [3.05, 3.63) is 23.4 Å². The fourth-order valence-electron chi connectivity index (χ4n) is 3.95. The SMILES string of the molecule is CC(c1nnc(-c2cccs2)o1)N1CCC(CC(=O)N2CCCC2)CC1. The number of amides is 1. The highest BCUT2D eigenvalue weighted by atomic mass is 32.1. The molecule has 1 atom stereocenters. The number of thiophene rings is 1. The van der Waals surface area contributed by atoms with Crippen molar-refractivity contribution in [3.8, 4) is 10.8 Å². The first kappa shape index (κ1) is 17.7. The molecule has 26 heavy (non-hydrogen) atoms. The molecule has 0 N–H and O–H groups in total. The van der Waals surface area contributed by atoms with Crippen LogP contribution in [-0.2, 0) is 4.79 Å². The van der Waals surface area contributed by atoms with Crippen LogP contribution in [0.4, 0.5) is 0 Å². The summed E-state index contributed by atoms with van der Waals surface area (Å²) >= 11 is 1.61. The number of piperidine rings is 1. The molecule has 2 saturated heterocycles. The second-order valence-corrected chi connectivity index (χ2v) is 8.32. The molecular formula is C19H26N4O2S. The monoisotopic (exact) mass is 374 g/mol. The second-order valence-electron chi connectivity index (χ2n) is 7.37. The van der Waals surface area contributed by atoms with E-state index in [0.717, 1.165) is 43.9 Å². The van der Waals surface area contributed by atoms with Crippen molar-refractivity contribution >= 4 is 17.2 Å². The Morgan fingerprint density at radius 1 is 1.27 bits per heavy atom. The lowest BCUT2D eigenvalue weighted by atomic mass is 9.92. The van der Waals surface area contributed by atoms with Gasteiger partial charge >= 0.3 is 0 Å². The molecule has 0 bridgehead atoms. The molecule has 4 heterocycles. The molecule has 0 aromatic carbocycles. The van der Waals surface area contributed by atoms with Crippen LogP contribution in [0.2, 0.25) is 0 Å². The molecule has 4 rings (SSSR count). The topological polar surface area (TPSA) is 62.5 Å². The van der Waals surface area contributed by atoms with Gasteiger partial charge in [0.1, 0.15) is 0 Å². The third-order valence-corrected chi connectivity index (χ3v) is 6.51. The molecule has 1 unspecified atom stereocenters. The molecule has 0 radical (unpaired) electrons. The molecule has 2 fully saturated rings. The summed E-state index contributed by atoms with van der Waals surface area (Å²) in [5.41, 5.74) is 0. The van der Waals surface area contributed by atoms with E-state index in [9.17, 15) is 4.79 Å². The quantitative estimate of drug-likeness (QED) is 0.800. The van der Waals surface area contributed by atoms with Crippen molar-refractivity contribution in [1.29, 1.82) is 0 Å². The summed E-state index contributed by atoms with van der Waals surface area (Å²) in [4.78, 5) is 17.8. The first-order chi connectivity index (χ1) is 12.7. The van der Waals surface area contributed by atoms with Crippen LogP contribution in [0.15, 0.2) is 21.9 Å². The number of nitrogens with zero attached hydrogens (tertiary/aromatic N) is 4. The van der Waals surface area contributed by atoms with E-state index >= 15 is 0 Å². The Bertz CT molecular complexity index is 716. The third-order valence-electron chi connectivity index (χ3n) is 5.65. The first-order valence-electron chi connectivity index (χ1n) is 9.60. The lowest BCUT2D eigenvalue weighted by Crippen LogP contribution is -2.38. The van der Waals surface area contributed by atoms with Crippen LogP contribution in [0.5, 0.6) is 0 Å². The first-order valence-corrected chi connectivity index (χ1v) is 10.5. The van der Waals surface area contributed by atoms with Gasteiger partial charge in [0.15, 0.2) is 0 Å². The number of aromatic nitrogens is 2. The Labute approximate surface area is 158 Å². The van der Waals surface area contributed by atoms with Gasteiger partial charge in [-0.2, -0.15) is 0 Å².